The molecule has 8 heteroatoms. The highest BCUT2D eigenvalue weighted by Crippen LogP contribution is 2.39. The molecule has 8 nitrogen and oxygen atoms in total. The molecular formula is C19H23N3O5. The molecular weight excluding hydrogens is 350 g/mol. The van der Waals surface area contributed by atoms with Crippen LogP contribution in [-0.2, 0) is 11.2 Å². The standard InChI is InChI=1S/C19H23N3O5/c1-25-15-10-13(11-16(26-2)17(15)27-3)21-18(23)14(22-19(20)24)9-12-7-5-4-6-8-12/h4-8,10-11,14H,9H2,1-3H3,(H,21,23)(H3,20,22,24)/t14-/m1/s1. The van der Waals surface area contributed by atoms with Crippen LogP contribution in [0.3, 0.4) is 0 Å². The molecule has 1 atom stereocenters. The number of methoxy groups -OCH3 is 3. The number of rotatable bonds is 8. The molecule has 2 aromatic carbocycles. The Labute approximate surface area is 157 Å². The fourth-order valence-corrected chi connectivity index (χ4v) is 2.61. The SMILES string of the molecule is COc1cc(NC(=O)[C@@H](Cc2ccccc2)NC(N)=O)cc(OC)c1OC. The summed E-state index contributed by atoms with van der Waals surface area (Å²) < 4.78 is 15.8. The van der Waals surface area contributed by atoms with Crippen molar-refractivity contribution in [1.29, 1.82) is 0 Å². The van der Waals surface area contributed by atoms with E-state index in [1.165, 1.54) is 21.3 Å². The van der Waals surface area contributed by atoms with Crippen molar-refractivity contribution in [2.75, 3.05) is 26.6 Å². The molecule has 144 valence electrons. The Morgan fingerprint density at radius 2 is 1.59 bits per heavy atom. The first-order chi connectivity index (χ1) is 13.0. The van der Waals surface area contributed by atoms with Crippen LogP contribution in [0.5, 0.6) is 17.2 Å². The van der Waals surface area contributed by atoms with E-state index in [0.717, 1.165) is 5.56 Å². The maximum atomic E-state index is 12.7. The van der Waals surface area contributed by atoms with E-state index in [2.05, 4.69) is 10.6 Å². The first kappa shape index (κ1) is 19.9. The predicted molar refractivity (Wildman–Crippen MR) is 101 cm³/mol. The zero-order chi connectivity index (χ0) is 19.8. The number of urea groups is 1. The summed E-state index contributed by atoms with van der Waals surface area (Å²) in [6.07, 6.45) is 0.292. The monoisotopic (exact) mass is 373 g/mol. The van der Waals surface area contributed by atoms with Crippen molar-refractivity contribution in [2.24, 2.45) is 5.73 Å². The Hall–Kier alpha value is -3.42. The lowest BCUT2D eigenvalue weighted by Crippen LogP contribution is -2.47. The molecule has 0 heterocycles. The Kier molecular flexibility index (Phi) is 6.87. The van der Waals surface area contributed by atoms with Crippen LogP contribution in [0.4, 0.5) is 10.5 Å². The van der Waals surface area contributed by atoms with Gasteiger partial charge in [-0.05, 0) is 5.56 Å². The second kappa shape index (κ2) is 9.33. The molecule has 4 N–H and O–H groups in total. The number of primary amides is 1. The van der Waals surface area contributed by atoms with Gasteiger partial charge in [0.15, 0.2) is 11.5 Å². The third-order valence-electron chi connectivity index (χ3n) is 3.85. The van der Waals surface area contributed by atoms with Gasteiger partial charge in [-0.2, -0.15) is 0 Å². The minimum atomic E-state index is -0.844. The fraction of sp³-hybridized carbons (Fsp3) is 0.263. The third-order valence-corrected chi connectivity index (χ3v) is 3.85. The number of hydrogen-bond acceptors (Lipinski definition) is 5. The van der Waals surface area contributed by atoms with Crippen LogP contribution in [0.25, 0.3) is 0 Å². The van der Waals surface area contributed by atoms with Crippen molar-refractivity contribution in [3.8, 4) is 17.2 Å². The van der Waals surface area contributed by atoms with Gasteiger partial charge in [0, 0.05) is 24.2 Å². The summed E-state index contributed by atoms with van der Waals surface area (Å²) in [7, 11) is 4.46. The van der Waals surface area contributed by atoms with E-state index in [4.69, 9.17) is 19.9 Å². The number of ether oxygens (including phenoxy) is 3. The van der Waals surface area contributed by atoms with Gasteiger partial charge in [0.05, 0.1) is 21.3 Å². The normalized spacial score (nSPS) is 11.2. The maximum absolute atomic E-state index is 12.7. The molecule has 0 aliphatic rings. The first-order valence-electron chi connectivity index (χ1n) is 8.19. The van der Waals surface area contributed by atoms with Crippen molar-refractivity contribution in [2.45, 2.75) is 12.5 Å². The van der Waals surface area contributed by atoms with E-state index < -0.39 is 18.0 Å². The number of carbonyl (C=O) groups excluding carboxylic acids is 2. The number of hydrogen-bond donors (Lipinski definition) is 3. The number of nitrogens with two attached hydrogens (primary N) is 1. The third kappa shape index (κ3) is 5.27. The van der Waals surface area contributed by atoms with E-state index >= 15 is 0 Å². The van der Waals surface area contributed by atoms with Crippen molar-refractivity contribution < 1.29 is 23.8 Å². The van der Waals surface area contributed by atoms with Crippen LogP contribution in [0.1, 0.15) is 5.56 Å². The summed E-state index contributed by atoms with van der Waals surface area (Å²) in [5.74, 6) is 0.783. The van der Waals surface area contributed by atoms with Crippen molar-refractivity contribution in [1.82, 2.24) is 5.32 Å². The van der Waals surface area contributed by atoms with Gasteiger partial charge >= 0.3 is 6.03 Å². The van der Waals surface area contributed by atoms with Gasteiger partial charge in [0.1, 0.15) is 6.04 Å². The molecule has 0 aromatic heterocycles. The highest BCUT2D eigenvalue weighted by molar-refractivity contribution is 5.97. The lowest BCUT2D eigenvalue weighted by molar-refractivity contribution is -0.117. The molecule has 0 unspecified atom stereocenters. The minimum absolute atomic E-state index is 0.292. The highest BCUT2D eigenvalue weighted by atomic mass is 16.5. The molecule has 2 aromatic rings. The fourth-order valence-electron chi connectivity index (χ4n) is 2.61. The average Bonchev–Trinajstić information content (AvgIpc) is 2.67. The summed E-state index contributed by atoms with van der Waals surface area (Å²) in [6, 6.07) is 10.9. The molecule has 0 spiro atoms. The van der Waals surface area contributed by atoms with Crippen LogP contribution in [0.15, 0.2) is 42.5 Å². The van der Waals surface area contributed by atoms with E-state index in [9.17, 15) is 9.59 Å². The van der Waals surface area contributed by atoms with Crippen molar-refractivity contribution in [3.05, 3.63) is 48.0 Å². The lowest BCUT2D eigenvalue weighted by atomic mass is 10.1. The summed E-state index contributed by atoms with van der Waals surface area (Å²) in [5, 5.41) is 5.21. The Morgan fingerprint density at radius 3 is 2.07 bits per heavy atom. The zero-order valence-electron chi connectivity index (χ0n) is 15.4. The number of amides is 3. The quantitative estimate of drug-likeness (QED) is 0.655. The predicted octanol–water partition coefficient (Wildman–Crippen LogP) is 1.93. The number of anilines is 1. The smallest absolute Gasteiger partial charge is 0.312 e. The maximum Gasteiger partial charge on any atom is 0.312 e. The molecule has 0 radical (unpaired) electrons. The van der Waals surface area contributed by atoms with Crippen LogP contribution < -0.4 is 30.6 Å². The second-order valence-corrected chi connectivity index (χ2v) is 5.65. The molecule has 3 amide bonds. The van der Waals surface area contributed by atoms with Gasteiger partial charge < -0.3 is 30.6 Å². The van der Waals surface area contributed by atoms with Gasteiger partial charge in [-0.15, -0.1) is 0 Å². The van der Waals surface area contributed by atoms with Crippen molar-refractivity contribution in [3.63, 3.8) is 0 Å². The van der Waals surface area contributed by atoms with Gasteiger partial charge in [-0.25, -0.2) is 4.79 Å². The van der Waals surface area contributed by atoms with Gasteiger partial charge in [0.2, 0.25) is 11.7 Å². The van der Waals surface area contributed by atoms with E-state index in [1.807, 2.05) is 30.3 Å². The molecule has 0 aliphatic heterocycles. The second-order valence-electron chi connectivity index (χ2n) is 5.65. The van der Waals surface area contributed by atoms with E-state index in [-0.39, 0.29) is 0 Å². The first-order valence-corrected chi connectivity index (χ1v) is 8.19. The lowest BCUT2D eigenvalue weighted by Gasteiger charge is -2.19. The summed E-state index contributed by atoms with van der Waals surface area (Å²) in [5.41, 5.74) is 6.54. The Morgan fingerprint density at radius 1 is 1.00 bits per heavy atom. The highest BCUT2D eigenvalue weighted by Gasteiger charge is 2.22. The topological polar surface area (TPSA) is 112 Å². The zero-order valence-corrected chi connectivity index (χ0v) is 15.4. The minimum Gasteiger partial charge on any atom is -0.493 e. The molecule has 0 bridgehead atoms. The van der Waals surface area contributed by atoms with Crippen LogP contribution in [0.2, 0.25) is 0 Å². The molecule has 0 saturated carbocycles. The van der Waals surface area contributed by atoms with Gasteiger partial charge in [-0.1, -0.05) is 30.3 Å². The summed E-state index contributed by atoms with van der Waals surface area (Å²) in [6.45, 7) is 0. The molecule has 27 heavy (non-hydrogen) atoms. The van der Waals surface area contributed by atoms with E-state index in [1.54, 1.807) is 12.1 Å². The number of nitrogens with one attached hydrogen (secondary N) is 2. The van der Waals surface area contributed by atoms with Crippen LogP contribution in [-0.4, -0.2) is 39.3 Å². The van der Waals surface area contributed by atoms with Crippen LogP contribution in [0, 0.1) is 0 Å². The largest absolute Gasteiger partial charge is 0.493 e. The van der Waals surface area contributed by atoms with Crippen molar-refractivity contribution >= 4 is 17.6 Å². The molecule has 0 fully saturated rings. The summed E-state index contributed by atoms with van der Waals surface area (Å²) in [4.78, 5) is 24.0. The Bertz CT molecular complexity index is 770. The van der Waals surface area contributed by atoms with Gasteiger partial charge in [0.25, 0.3) is 0 Å². The molecule has 2 rings (SSSR count). The van der Waals surface area contributed by atoms with Crippen LogP contribution >= 0.6 is 0 Å². The number of carbonyl (C=O) groups is 2. The average molecular weight is 373 g/mol. The molecule has 0 saturated heterocycles. The summed E-state index contributed by atoms with van der Waals surface area (Å²) >= 11 is 0. The number of benzene rings is 2. The Balaban J connectivity index is 2.24. The van der Waals surface area contributed by atoms with Gasteiger partial charge in [-0.3, -0.25) is 4.79 Å². The van der Waals surface area contributed by atoms with E-state index in [0.29, 0.717) is 29.4 Å². The molecule has 0 aliphatic carbocycles.